The molecule has 0 aliphatic heterocycles. The Morgan fingerprint density at radius 1 is 1.22 bits per heavy atom. The van der Waals surface area contributed by atoms with Gasteiger partial charge in [0.2, 0.25) is 0 Å². The Morgan fingerprint density at radius 2 is 2.06 bits per heavy atom. The SMILES string of the molecule is N#Cc1cccc(C(=O)Nc2ccc(C3(c4nc5cc(Cl)cnc5[nH]4)CCC3)cc2F)c1. The maximum absolute atomic E-state index is 15.0. The van der Waals surface area contributed by atoms with Gasteiger partial charge in [0, 0.05) is 11.8 Å². The number of fused-ring (bicyclic) bond motifs is 1. The van der Waals surface area contributed by atoms with E-state index >= 15 is 4.39 Å². The van der Waals surface area contributed by atoms with Crippen LogP contribution in [0.3, 0.4) is 0 Å². The van der Waals surface area contributed by atoms with Crippen LogP contribution in [0, 0.1) is 17.1 Å². The Bertz CT molecular complexity index is 1400. The van der Waals surface area contributed by atoms with Gasteiger partial charge in [0.05, 0.1) is 27.8 Å². The fraction of sp³-hybridized carbons (Fsp3) is 0.167. The van der Waals surface area contributed by atoms with Gasteiger partial charge in [-0.15, -0.1) is 0 Å². The quantitative estimate of drug-likeness (QED) is 0.443. The lowest BCUT2D eigenvalue weighted by molar-refractivity contribution is 0.102. The molecule has 8 heteroatoms. The molecule has 5 rings (SSSR count). The van der Waals surface area contributed by atoms with Gasteiger partial charge in [-0.1, -0.05) is 30.2 Å². The molecule has 1 amide bonds. The first-order valence-corrected chi connectivity index (χ1v) is 10.5. The van der Waals surface area contributed by atoms with Gasteiger partial charge in [0.25, 0.3) is 5.91 Å². The van der Waals surface area contributed by atoms with E-state index in [0.29, 0.717) is 21.7 Å². The van der Waals surface area contributed by atoms with Crippen molar-refractivity contribution in [1.29, 1.82) is 5.26 Å². The summed E-state index contributed by atoms with van der Waals surface area (Å²) in [4.78, 5) is 24.7. The molecule has 0 unspecified atom stereocenters. The number of halogens is 2. The van der Waals surface area contributed by atoms with Crippen molar-refractivity contribution in [3.63, 3.8) is 0 Å². The van der Waals surface area contributed by atoms with E-state index in [1.165, 1.54) is 12.1 Å². The maximum atomic E-state index is 15.0. The van der Waals surface area contributed by atoms with Crippen LogP contribution in [0.15, 0.2) is 54.7 Å². The standard InChI is InChI=1S/C24H17ClFN5O/c25-17-11-20-21(28-13-17)31-23(30-20)24(7-2-8-24)16-5-6-19(18(26)10-16)29-22(32)15-4-1-3-14(9-15)12-27/h1,3-6,9-11,13H,2,7-8H2,(H,29,32)(H,28,30,31). The molecule has 1 fully saturated rings. The predicted octanol–water partition coefficient (Wildman–Crippen LogP) is 5.34. The zero-order chi connectivity index (χ0) is 22.3. The van der Waals surface area contributed by atoms with Crippen LogP contribution in [0.5, 0.6) is 0 Å². The van der Waals surface area contributed by atoms with Gasteiger partial charge in [-0.25, -0.2) is 14.4 Å². The highest BCUT2D eigenvalue weighted by Crippen LogP contribution is 2.48. The minimum Gasteiger partial charge on any atom is -0.326 e. The third-order valence-electron chi connectivity index (χ3n) is 5.99. The maximum Gasteiger partial charge on any atom is 0.255 e. The van der Waals surface area contributed by atoms with Crippen molar-refractivity contribution in [2.75, 3.05) is 5.32 Å². The minimum atomic E-state index is -0.532. The zero-order valence-electron chi connectivity index (χ0n) is 16.8. The highest BCUT2D eigenvalue weighted by atomic mass is 35.5. The van der Waals surface area contributed by atoms with Crippen molar-refractivity contribution in [1.82, 2.24) is 15.0 Å². The summed E-state index contributed by atoms with van der Waals surface area (Å²) < 4.78 is 15.0. The number of imidazole rings is 1. The van der Waals surface area contributed by atoms with E-state index in [-0.39, 0.29) is 11.3 Å². The largest absolute Gasteiger partial charge is 0.326 e. The van der Waals surface area contributed by atoms with Crippen molar-refractivity contribution in [2.24, 2.45) is 0 Å². The molecule has 0 atom stereocenters. The Labute approximate surface area is 188 Å². The number of H-pyrrole nitrogens is 1. The lowest BCUT2D eigenvalue weighted by Gasteiger charge is -2.40. The molecule has 0 radical (unpaired) electrons. The topological polar surface area (TPSA) is 94.5 Å². The van der Waals surface area contributed by atoms with E-state index in [0.717, 1.165) is 30.7 Å². The minimum absolute atomic E-state index is 0.0774. The second-order valence-corrected chi connectivity index (χ2v) is 8.32. The van der Waals surface area contributed by atoms with E-state index in [1.807, 2.05) is 12.1 Å². The second-order valence-electron chi connectivity index (χ2n) is 7.88. The first-order valence-electron chi connectivity index (χ1n) is 10.1. The normalized spacial score (nSPS) is 14.5. The van der Waals surface area contributed by atoms with E-state index < -0.39 is 17.1 Å². The molecule has 4 aromatic rings. The zero-order valence-corrected chi connectivity index (χ0v) is 17.6. The number of anilines is 1. The summed E-state index contributed by atoms with van der Waals surface area (Å²) in [5.41, 5.74) is 2.39. The highest BCUT2D eigenvalue weighted by Gasteiger charge is 2.43. The predicted molar refractivity (Wildman–Crippen MR) is 119 cm³/mol. The molecule has 1 aliphatic carbocycles. The molecule has 0 spiro atoms. The van der Waals surface area contributed by atoms with Crippen molar-refractivity contribution in [3.05, 3.63) is 88.1 Å². The second kappa shape index (κ2) is 7.74. The molecule has 32 heavy (non-hydrogen) atoms. The van der Waals surface area contributed by atoms with Gasteiger partial charge in [-0.2, -0.15) is 5.26 Å². The molecule has 0 saturated heterocycles. The number of hydrogen-bond acceptors (Lipinski definition) is 4. The third-order valence-corrected chi connectivity index (χ3v) is 6.19. The molecule has 158 valence electrons. The smallest absolute Gasteiger partial charge is 0.255 e. The summed E-state index contributed by atoms with van der Waals surface area (Å²) in [7, 11) is 0. The molecule has 2 aromatic carbocycles. The Kier molecular flexibility index (Phi) is 4.87. The van der Waals surface area contributed by atoms with Gasteiger partial charge in [-0.05, 0) is 54.8 Å². The van der Waals surface area contributed by atoms with Gasteiger partial charge in [-0.3, -0.25) is 4.79 Å². The summed E-state index contributed by atoms with van der Waals surface area (Å²) >= 11 is 6.03. The van der Waals surface area contributed by atoms with Crippen molar-refractivity contribution >= 4 is 34.4 Å². The monoisotopic (exact) mass is 445 g/mol. The summed E-state index contributed by atoms with van der Waals surface area (Å²) in [6, 6.07) is 14.8. The number of carbonyl (C=O) groups is 1. The fourth-order valence-corrected chi connectivity index (χ4v) is 4.28. The number of nitriles is 1. The van der Waals surface area contributed by atoms with Crippen LogP contribution < -0.4 is 5.32 Å². The third kappa shape index (κ3) is 3.39. The molecule has 2 aromatic heterocycles. The number of benzene rings is 2. The van der Waals surface area contributed by atoms with Crippen LogP contribution in [0.25, 0.3) is 11.2 Å². The Hall–Kier alpha value is -3.76. The first-order chi connectivity index (χ1) is 15.5. The van der Waals surface area contributed by atoms with Gasteiger partial charge >= 0.3 is 0 Å². The van der Waals surface area contributed by atoms with E-state index in [9.17, 15) is 4.79 Å². The Balaban J connectivity index is 1.44. The molecule has 2 heterocycles. The Morgan fingerprint density at radius 3 is 2.78 bits per heavy atom. The van der Waals surface area contributed by atoms with Crippen LogP contribution in [0.4, 0.5) is 10.1 Å². The van der Waals surface area contributed by atoms with Gasteiger partial charge < -0.3 is 10.3 Å². The molecular weight excluding hydrogens is 429 g/mol. The number of amides is 1. The molecule has 6 nitrogen and oxygen atoms in total. The first kappa shape index (κ1) is 20.2. The molecule has 1 saturated carbocycles. The molecule has 0 bridgehead atoms. The van der Waals surface area contributed by atoms with Crippen LogP contribution >= 0.6 is 11.6 Å². The van der Waals surface area contributed by atoms with Gasteiger partial charge in [0.15, 0.2) is 5.65 Å². The average molecular weight is 446 g/mol. The van der Waals surface area contributed by atoms with E-state index in [2.05, 4.69) is 20.3 Å². The van der Waals surface area contributed by atoms with Crippen molar-refractivity contribution in [2.45, 2.75) is 24.7 Å². The average Bonchev–Trinajstić information content (AvgIpc) is 3.17. The highest BCUT2D eigenvalue weighted by molar-refractivity contribution is 6.31. The van der Waals surface area contributed by atoms with E-state index in [1.54, 1.807) is 36.5 Å². The van der Waals surface area contributed by atoms with Crippen LogP contribution in [0.2, 0.25) is 5.02 Å². The van der Waals surface area contributed by atoms with Crippen LogP contribution in [-0.2, 0) is 5.41 Å². The number of nitrogens with zero attached hydrogens (tertiary/aromatic N) is 3. The van der Waals surface area contributed by atoms with Gasteiger partial charge in [0.1, 0.15) is 17.2 Å². The summed E-state index contributed by atoms with van der Waals surface area (Å²) in [6.07, 6.45) is 4.21. The number of carbonyl (C=O) groups excluding carboxylic acids is 1. The summed E-state index contributed by atoms with van der Waals surface area (Å²) in [6.45, 7) is 0. The number of rotatable bonds is 4. The molecule has 1 aliphatic rings. The van der Waals surface area contributed by atoms with Crippen molar-refractivity contribution in [3.8, 4) is 6.07 Å². The summed E-state index contributed by atoms with van der Waals surface area (Å²) in [5.74, 6) is -0.277. The van der Waals surface area contributed by atoms with Crippen molar-refractivity contribution < 1.29 is 9.18 Å². The van der Waals surface area contributed by atoms with Crippen LogP contribution in [0.1, 0.15) is 46.6 Å². The number of hydrogen-bond donors (Lipinski definition) is 2. The number of pyridine rings is 1. The number of nitrogens with one attached hydrogen (secondary N) is 2. The summed E-state index contributed by atoms with van der Waals surface area (Å²) in [5, 5.41) is 12.1. The molecule has 2 N–H and O–H groups in total. The number of aromatic amines is 1. The number of aromatic nitrogens is 3. The molecular formula is C24H17ClFN5O. The fourth-order valence-electron chi connectivity index (χ4n) is 4.13. The van der Waals surface area contributed by atoms with Crippen LogP contribution in [-0.4, -0.2) is 20.9 Å². The van der Waals surface area contributed by atoms with E-state index in [4.69, 9.17) is 16.9 Å². The lowest BCUT2D eigenvalue weighted by atomic mass is 9.64. The lowest BCUT2D eigenvalue weighted by Crippen LogP contribution is -2.36.